The number of esters is 1. The smallest absolute Gasteiger partial charge is 0.315 e. The Bertz CT molecular complexity index is 497. The first-order valence-electron chi connectivity index (χ1n) is 5.82. The molecule has 0 aliphatic carbocycles. The highest BCUT2D eigenvalue weighted by molar-refractivity contribution is 7.99. The SMILES string of the molecule is COC(=O)CSCCC(=O)N(C)c1cc(F)ccc1F. The summed E-state index contributed by atoms with van der Waals surface area (Å²) in [6.07, 6.45) is 0.119. The van der Waals surface area contributed by atoms with E-state index in [1.54, 1.807) is 0 Å². The van der Waals surface area contributed by atoms with Gasteiger partial charge in [-0.3, -0.25) is 9.59 Å². The fourth-order valence-corrected chi connectivity index (χ4v) is 2.17. The lowest BCUT2D eigenvalue weighted by molar-refractivity contribution is -0.137. The molecular weight excluding hydrogens is 288 g/mol. The van der Waals surface area contributed by atoms with Crippen molar-refractivity contribution in [2.45, 2.75) is 6.42 Å². The molecule has 0 spiro atoms. The quantitative estimate of drug-likeness (QED) is 0.597. The van der Waals surface area contributed by atoms with Crippen LogP contribution in [0.3, 0.4) is 0 Å². The molecule has 7 heteroatoms. The highest BCUT2D eigenvalue weighted by Crippen LogP contribution is 2.20. The van der Waals surface area contributed by atoms with Crippen molar-refractivity contribution in [2.75, 3.05) is 30.6 Å². The topological polar surface area (TPSA) is 46.6 Å². The van der Waals surface area contributed by atoms with Crippen LogP contribution in [0, 0.1) is 11.6 Å². The summed E-state index contributed by atoms with van der Waals surface area (Å²) >= 11 is 1.24. The summed E-state index contributed by atoms with van der Waals surface area (Å²) in [6, 6.07) is 2.93. The van der Waals surface area contributed by atoms with Crippen molar-refractivity contribution >= 4 is 29.3 Å². The van der Waals surface area contributed by atoms with Gasteiger partial charge in [0.05, 0.1) is 18.6 Å². The first-order valence-corrected chi connectivity index (χ1v) is 6.97. The fourth-order valence-electron chi connectivity index (χ4n) is 1.42. The van der Waals surface area contributed by atoms with Gasteiger partial charge in [-0.25, -0.2) is 8.78 Å². The number of rotatable bonds is 6. The van der Waals surface area contributed by atoms with Gasteiger partial charge < -0.3 is 9.64 Å². The third kappa shape index (κ3) is 4.80. The van der Waals surface area contributed by atoms with E-state index in [1.165, 1.54) is 25.9 Å². The summed E-state index contributed by atoms with van der Waals surface area (Å²) in [5.41, 5.74) is -0.104. The Labute approximate surface area is 120 Å². The molecule has 0 radical (unpaired) electrons. The van der Waals surface area contributed by atoms with E-state index in [9.17, 15) is 18.4 Å². The number of carbonyl (C=O) groups excluding carboxylic acids is 2. The van der Waals surface area contributed by atoms with Gasteiger partial charge in [0.15, 0.2) is 0 Å². The van der Waals surface area contributed by atoms with Crippen LogP contribution in [0.15, 0.2) is 18.2 Å². The van der Waals surface area contributed by atoms with Gasteiger partial charge in [-0.15, -0.1) is 11.8 Å². The molecule has 1 aromatic carbocycles. The van der Waals surface area contributed by atoms with Gasteiger partial charge in [-0.1, -0.05) is 0 Å². The lowest BCUT2D eigenvalue weighted by Gasteiger charge is -2.18. The van der Waals surface area contributed by atoms with Crippen LogP contribution in [0.4, 0.5) is 14.5 Å². The first kappa shape index (κ1) is 16.4. The summed E-state index contributed by atoms with van der Waals surface area (Å²) in [6.45, 7) is 0. The van der Waals surface area contributed by atoms with Gasteiger partial charge in [0.2, 0.25) is 5.91 Å². The van der Waals surface area contributed by atoms with Crippen molar-refractivity contribution in [3.63, 3.8) is 0 Å². The van der Waals surface area contributed by atoms with Crippen LogP contribution in [0.1, 0.15) is 6.42 Å². The van der Waals surface area contributed by atoms with Gasteiger partial charge in [0.1, 0.15) is 11.6 Å². The number of nitrogens with zero attached hydrogens (tertiary/aromatic N) is 1. The van der Waals surface area contributed by atoms with Crippen LogP contribution in [-0.2, 0) is 14.3 Å². The number of amides is 1. The van der Waals surface area contributed by atoms with Crippen molar-refractivity contribution in [3.05, 3.63) is 29.8 Å². The molecule has 0 atom stereocenters. The maximum absolute atomic E-state index is 13.5. The van der Waals surface area contributed by atoms with Gasteiger partial charge >= 0.3 is 5.97 Å². The number of benzene rings is 1. The number of ether oxygens (including phenoxy) is 1. The average molecular weight is 303 g/mol. The molecule has 0 saturated heterocycles. The Kier molecular flexibility index (Phi) is 6.44. The van der Waals surface area contributed by atoms with E-state index in [4.69, 9.17) is 0 Å². The number of hydrogen-bond donors (Lipinski definition) is 0. The molecule has 0 saturated carbocycles. The van der Waals surface area contributed by atoms with Crippen LogP contribution in [0.5, 0.6) is 0 Å². The van der Waals surface area contributed by atoms with Gasteiger partial charge in [0.25, 0.3) is 0 Å². The minimum absolute atomic E-state index is 0.104. The van der Waals surface area contributed by atoms with E-state index in [-0.39, 0.29) is 29.7 Å². The lowest BCUT2D eigenvalue weighted by atomic mass is 10.2. The molecule has 0 fully saturated rings. The van der Waals surface area contributed by atoms with Gasteiger partial charge in [0, 0.05) is 25.3 Å². The Morgan fingerprint density at radius 2 is 2.05 bits per heavy atom. The highest BCUT2D eigenvalue weighted by atomic mass is 32.2. The zero-order chi connectivity index (χ0) is 15.1. The van der Waals surface area contributed by atoms with E-state index in [0.717, 1.165) is 23.1 Å². The van der Waals surface area contributed by atoms with Gasteiger partial charge in [-0.05, 0) is 12.1 Å². The molecule has 0 aliphatic rings. The third-order valence-electron chi connectivity index (χ3n) is 2.55. The van der Waals surface area contributed by atoms with Crippen molar-refractivity contribution in [3.8, 4) is 0 Å². The van der Waals surface area contributed by atoms with E-state index < -0.39 is 11.6 Å². The van der Waals surface area contributed by atoms with Crippen molar-refractivity contribution < 1.29 is 23.1 Å². The predicted octanol–water partition coefficient (Wildman–Crippen LogP) is 2.22. The van der Waals surface area contributed by atoms with E-state index in [0.29, 0.717) is 5.75 Å². The van der Waals surface area contributed by atoms with E-state index in [1.807, 2.05) is 0 Å². The molecule has 110 valence electrons. The zero-order valence-corrected chi connectivity index (χ0v) is 12.0. The molecule has 0 unspecified atom stereocenters. The largest absolute Gasteiger partial charge is 0.468 e. The minimum Gasteiger partial charge on any atom is -0.468 e. The number of carbonyl (C=O) groups is 2. The second kappa shape index (κ2) is 7.84. The number of thioether (sulfide) groups is 1. The van der Waals surface area contributed by atoms with Crippen molar-refractivity contribution in [1.82, 2.24) is 0 Å². The molecule has 0 heterocycles. The Balaban J connectivity index is 2.50. The van der Waals surface area contributed by atoms with Crippen LogP contribution in [0.25, 0.3) is 0 Å². The maximum atomic E-state index is 13.5. The molecule has 1 amide bonds. The van der Waals surface area contributed by atoms with Crippen LogP contribution in [-0.4, -0.2) is 37.5 Å². The number of methoxy groups -OCH3 is 1. The lowest BCUT2D eigenvalue weighted by Crippen LogP contribution is -2.27. The Morgan fingerprint density at radius 1 is 1.35 bits per heavy atom. The molecule has 4 nitrogen and oxygen atoms in total. The second-order valence-electron chi connectivity index (χ2n) is 3.93. The molecule has 0 aromatic heterocycles. The third-order valence-corrected chi connectivity index (χ3v) is 3.48. The summed E-state index contributed by atoms with van der Waals surface area (Å²) in [5.74, 6) is -1.44. The molecule has 20 heavy (non-hydrogen) atoms. The molecule has 1 rings (SSSR count). The van der Waals surface area contributed by atoms with Crippen LogP contribution in [0.2, 0.25) is 0 Å². The normalized spacial score (nSPS) is 10.2. The summed E-state index contributed by atoms with van der Waals surface area (Å²) in [4.78, 5) is 23.8. The monoisotopic (exact) mass is 303 g/mol. The molecule has 1 aromatic rings. The summed E-state index contributed by atoms with van der Waals surface area (Å²) in [7, 11) is 2.67. The van der Waals surface area contributed by atoms with E-state index >= 15 is 0 Å². The second-order valence-corrected chi connectivity index (χ2v) is 5.03. The fraction of sp³-hybridized carbons (Fsp3) is 0.385. The van der Waals surface area contributed by atoms with Crippen molar-refractivity contribution in [1.29, 1.82) is 0 Å². The van der Waals surface area contributed by atoms with Crippen LogP contribution < -0.4 is 4.90 Å². The predicted molar refractivity (Wildman–Crippen MR) is 73.7 cm³/mol. The first-order chi connectivity index (χ1) is 9.45. The summed E-state index contributed by atoms with van der Waals surface area (Å²) < 4.78 is 31.0. The Hall–Kier alpha value is -1.63. The van der Waals surface area contributed by atoms with Gasteiger partial charge in [-0.2, -0.15) is 0 Å². The van der Waals surface area contributed by atoms with E-state index in [2.05, 4.69) is 4.74 Å². The standard InChI is InChI=1S/C13H15F2NO3S/c1-16(11-7-9(14)3-4-10(11)15)12(17)5-6-20-8-13(18)19-2/h3-4,7H,5-6,8H2,1-2H3. The summed E-state index contributed by atoms with van der Waals surface area (Å²) in [5, 5.41) is 0. The Morgan fingerprint density at radius 3 is 2.70 bits per heavy atom. The zero-order valence-electron chi connectivity index (χ0n) is 11.2. The molecule has 0 N–H and O–H groups in total. The molecule has 0 aliphatic heterocycles. The number of halogens is 2. The average Bonchev–Trinajstić information content (AvgIpc) is 2.44. The number of anilines is 1. The molecule has 0 bridgehead atoms. The van der Waals surface area contributed by atoms with Crippen LogP contribution >= 0.6 is 11.8 Å². The van der Waals surface area contributed by atoms with Crippen molar-refractivity contribution in [2.24, 2.45) is 0 Å². The minimum atomic E-state index is -0.663. The number of hydrogen-bond acceptors (Lipinski definition) is 4. The maximum Gasteiger partial charge on any atom is 0.315 e. The highest BCUT2D eigenvalue weighted by Gasteiger charge is 2.15. The molecular formula is C13H15F2NO3S.